The molecular weight excluding hydrogens is 250 g/mol. The zero-order chi connectivity index (χ0) is 13.3. The van der Waals surface area contributed by atoms with E-state index in [-0.39, 0.29) is 11.3 Å². The summed E-state index contributed by atoms with van der Waals surface area (Å²) in [5, 5.41) is 9.96. The fraction of sp³-hybridized carbons (Fsp3) is 0.500. The van der Waals surface area contributed by atoms with Crippen LogP contribution in [0.1, 0.15) is 20.3 Å². The van der Waals surface area contributed by atoms with Gasteiger partial charge in [-0.3, -0.25) is 4.79 Å². The van der Waals surface area contributed by atoms with Gasteiger partial charge in [0.25, 0.3) is 0 Å². The van der Waals surface area contributed by atoms with E-state index >= 15 is 0 Å². The van der Waals surface area contributed by atoms with Gasteiger partial charge in [0.05, 0.1) is 16.6 Å². The van der Waals surface area contributed by atoms with Gasteiger partial charge in [-0.05, 0) is 24.0 Å². The number of halogens is 1. The molecule has 0 saturated carbocycles. The first-order chi connectivity index (χ1) is 8.42. The lowest BCUT2D eigenvalue weighted by molar-refractivity contribution is -0.146. The second-order valence-corrected chi connectivity index (χ2v) is 5.95. The fourth-order valence-electron chi connectivity index (χ4n) is 2.73. The second kappa shape index (κ2) is 4.81. The number of carboxylic acid groups (broad SMARTS) is 1. The molecule has 0 amide bonds. The highest BCUT2D eigenvalue weighted by Crippen LogP contribution is 2.38. The molecule has 0 bridgehead atoms. The number of rotatable bonds is 2. The highest BCUT2D eigenvalue weighted by atomic mass is 35.5. The molecule has 1 aromatic carbocycles. The SMILES string of the molecule is CC1(C)CN(c2ccccc2Cl)CCC1C(=O)O. The molecule has 1 saturated heterocycles. The van der Waals surface area contributed by atoms with Gasteiger partial charge in [-0.1, -0.05) is 37.6 Å². The molecule has 1 aliphatic heterocycles. The summed E-state index contributed by atoms with van der Waals surface area (Å²) in [4.78, 5) is 13.4. The van der Waals surface area contributed by atoms with Gasteiger partial charge in [0.1, 0.15) is 0 Å². The number of anilines is 1. The van der Waals surface area contributed by atoms with Crippen LogP contribution < -0.4 is 4.90 Å². The van der Waals surface area contributed by atoms with Crippen LogP contribution in [0.2, 0.25) is 5.02 Å². The summed E-state index contributed by atoms with van der Waals surface area (Å²) in [6, 6.07) is 7.71. The van der Waals surface area contributed by atoms with Crippen LogP contribution in [0.3, 0.4) is 0 Å². The van der Waals surface area contributed by atoms with Crippen molar-refractivity contribution < 1.29 is 9.90 Å². The minimum absolute atomic E-state index is 0.247. The summed E-state index contributed by atoms with van der Waals surface area (Å²) in [6.45, 7) is 5.47. The molecule has 3 nitrogen and oxygen atoms in total. The second-order valence-electron chi connectivity index (χ2n) is 5.54. The van der Waals surface area contributed by atoms with Crippen molar-refractivity contribution in [2.45, 2.75) is 20.3 Å². The van der Waals surface area contributed by atoms with Gasteiger partial charge in [-0.2, -0.15) is 0 Å². The minimum atomic E-state index is -0.696. The summed E-state index contributed by atoms with van der Waals surface area (Å²) in [7, 11) is 0. The largest absolute Gasteiger partial charge is 0.481 e. The van der Waals surface area contributed by atoms with E-state index in [4.69, 9.17) is 11.6 Å². The van der Waals surface area contributed by atoms with Crippen LogP contribution in [-0.4, -0.2) is 24.2 Å². The summed E-state index contributed by atoms with van der Waals surface area (Å²) in [6.07, 6.45) is 0.660. The molecule has 1 fully saturated rings. The predicted octanol–water partition coefficient (Wildman–Crippen LogP) is 3.28. The van der Waals surface area contributed by atoms with E-state index in [1.54, 1.807) is 0 Å². The maximum absolute atomic E-state index is 11.2. The average Bonchev–Trinajstić information content (AvgIpc) is 2.27. The highest BCUT2D eigenvalue weighted by molar-refractivity contribution is 6.33. The van der Waals surface area contributed by atoms with Crippen molar-refractivity contribution in [2.24, 2.45) is 11.3 Å². The Balaban J connectivity index is 2.21. The van der Waals surface area contributed by atoms with E-state index in [0.29, 0.717) is 13.0 Å². The molecule has 0 aliphatic carbocycles. The Morgan fingerprint density at radius 1 is 1.44 bits per heavy atom. The average molecular weight is 268 g/mol. The van der Waals surface area contributed by atoms with Crippen molar-refractivity contribution in [3.8, 4) is 0 Å². The van der Waals surface area contributed by atoms with Crippen molar-refractivity contribution >= 4 is 23.3 Å². The fourth-order valence-corrected chi connectivity index (χ4v) is 2.98. The lowest BCUT2D eigenvalue weighted by Crippen LogP contribution is -2.48. The van der Waals surface area contributed by atoms with Crippen LogP contribution in [0.15, 0.2) is 24.3 Å². The Morgan fingerprint density at radius 3 is 2.67 bits per heavy atom. The van der Waals surface area contributed by atoms with Crippen LogP contribution in [0.4, 0.5) is 5.69 Å². The standard InChI is InChI=1S/C14H18ClNO2/c1-14(2)9-16(8-7-10(14)13(17)18)12-6-4-3-5-11(12)15/h3-6,10H,7-9H2,1-2H3,(H,17,18). The van der Waals surface area contributed by atoms with Crippen LogP contribution in [0.25, 0.3) is 0 Å². The number of para-hydroxylation sites is 1. The number of hydrogen-bond donors (Lipinski definition) is 1. The molecule has 1 atom stereocenters. The van der Waals surface area contributed by atoms with Crippen molar-refractivity contribution in [1.82, 2.24) is 0 Å². The highest BCUT2D eigenvalue weighted by Gasteiger charge is 2.40. The number of hydrogen-bond acceptors (Lipinski definition) is 2. The molecule has 1 aromatic rings. The zero-order valence-corrected chi connectivity index (χ0v) is 11.4. The lowest BCUT2D eigenvalue weighted by Gasteiger charge is -2.43. The number of carboxylic acids is 1. The molecule has 1 aliphatic rings. The number of benzene rings is 1. The third-order valence-corrected chi connectivity index (χ3v) is 4.04. The van der Waals surface area contributed by atoms with E-state index in [9.17, 15) is 9.90 Å². The summed E-state index contributed by atoms with van der Waals surface area (Å²) < 4.78 is 0. The molecule has 18 heavy (non-hydrogen) atoms. The maximum atomic E-state index is 11.2. The smallest absolute Gasteiger partial charge is 0.307 e. The first kappa shape index (κ1) is 13.2. The molecule has 0 aromatic heterocycles. The summed E-state index contributed by atoms with van der Waals surface area (Å²) in [5.41, 5.74) is 0.750. The van der Waals surface area contributed by atoms with Gasteiger partial charge in [0.2, 0.25) is 0 Å². The third-order valence-electron chi connectivity index (χ3n) is 3.72. The van der Waals surface area contributed by atoms with E-state index < -0.39 is 5.97 Å². The van der Waals surface area contributed by atoms with E-state index in [0.717, 1.165) is 17.3 Å². The van der Waals surface area contributed by atoms with Gasteiger partial charge >= 0.3 is 5.97 Å². The zero-order valence-electron chi connectivity index (χ0n) is 10.7. The van der Waals surface area contributed by atoms with Crippen LogP contribution in [0, 0.1) is 11.3 Å². The number of piperidine rings is 1. The van der Waals surface area contributed by atoms with Crippen molar-refractivity contribution in [2.75, 3.05) is 18.0 Å². The molecule has 1 heterocycles. The first-order valence-electron chi connectivity index (χ1n) is 6.14. The number of aliphatic carboxylic acids is 1. The van der Waals surface area contributed by atoms with Gasteiger partial charge < -0.3 is 10.0 Å². The molecule has 1 unspecified atom stereocenters. The topological polar surface area (TPSA) is 40.5 Å². The van der Waals surface area contributed by atoms with Gasteiger partial charge in [-0.25, -0.2) is 0 Å². The predicted molar refractivity (Wildman–Crippen MR) is 73.2 cm³/mol. The van der Waals surface area contributed by atoms with Gasteiger partial charge in [0.15, 0.2) is 0 Å². The molecule has 0 spiro atoms. The summed E-state index contributed by atoms with van der Waals surface area (Å²) in [5.74, 6) is -0.977. The molecule has 1 N–H and O–H groups in total. The maximum Gasteiger partial charge on any atom is 0.307 e. The van der Waals surface area contributed by atoms with Crippen molar-refractivity contribution in [3.63, 3.8) is 0 Å². The monoisotopic (exact) mass is 267 g/mol. The van der Waals surface area contributed by atoms with Gasteiger partial charge in [0, 0.05) is 13.1 Å². The molecule has 0 radical (unpaired) electrons. The molecule has 98 valence electrons. The Morgan fingerprint density at radius 2 is 2.11 bits per heavy atom. The number of nitrogens with zero attached hydrogens (tertiary/aromatic N) is 1. The van der Waals surface area contributed by atoms with Crippen LogP contribution >= 0.6 is 11.6 Å². The lowest BCUT2D eigenvalue weighted by atomic mass is 9.74. The van der Waals surface area contributed by atoms with Crippen LogP contribution in [0.5, 0.6) is 0 Å². The number of carbonyl (C=O) groups is 1. The Hall–Kier alpha value is -1.22. The molecular formula is C14H18ClNO2. The summed E-state index contributed by atoms with van der Waals surface area (Å²) >= 11 is 6.19. The normalized spacial score (nSPS) is 22.8. The quantitative estimate of drug-likeness (QED) is 0.894. The Labute approximate surface area is 112 Å². The minimum Gasteiger partial charge on any atom is -0.481 e. The van der Waals surface area contributed by atoms with Crippen molar-refractivity contribution in [3.05, 3.63) is 29.3 Å². The van der Waals surface area contributed by atoms with Crippen LogP contribution in [-0.2, 0) is 4.79 Å². The molecule has 2 rings (SSSR count). The third kappa shape index (κ3) is 2.46. The Kier molecular flexibility index (Phi) is 3.53. The first-order valence-corrected chi connectivity index (χ1v) is 6.52. The van der Waals surface area contributed by atoms with Gasteiger partial charge in [-0.15, -0.1) is 0 Å². The van der Waals surface area contributed by atoms with E-state index in [2.05, 4.69) is 4.90 Å². The van der Waals surface area contributed by atoms with Crippen molar-refractivity contribution in [1.29, 1.82) is 0 Å². The van der Waals surface area contributed by atoms with E-state index in [1.807, 2.05) is 38.1 Å². The van der Waals surface area contributed by atoms with E-state index in [1.165, 1.54) is 0 Å². The Bertz CT molecular complexity index is 459. The molecule has 4 heteroatoms.